The zero-order chi connectivity index (χ0) is 15.1. The highest BCUT2D eigenvalue weighted by atomic mass is 32.1. The average molecular weight is 312 g/mol. The molecule has 1 aromatic heterocycles. The molecule has 0 radical (unpaired) electrons. The van der Waals surface area contributed by atoms with Crippen molar-refractivity contribution in [2.45, 2.75) is 6.54 Å². The summed E-state index contributed by atoms with van der Waals surface area (Å²) in [6.45, 7) is -0.206. The molecule has 0 aliphatic rings. The van der Waals surface area contributed by atoms with Gasteiger partial charge in [0.05, 0.1) is 12.1 Å². The summed E-state index contributed by atoms with van der Waals surface area (Å²) < 4.78 is 55.4. The number of rotatable bonds is 2. The summed E-state index contributed by atoms with van der Waals surface area (Å²) in [7, 11) is 0. The molecule has 108 valence electrons. The SMILES string of the molecule is Fc1ccc(F)c(Cn2c(=S)[nH]c3ccc(F)c(F)c32)c1. The van der Waals surface area contributed by atoms with Crippen LogP contribution in [0.25, 0.3) is 11.0 Å². The number of nitrogens with one attached hydrogen (secondary N) is 1. The van der Waals surface area contributed by atoms with Gasteiger partial charge in [-0.05, 0) is 42.5 Å². The van der Waals surface area contributed by atoms with Crippen molar-refractivity contribution < 1.29 is 17.6 Å². The van der Waals surface area contributed by atoms with Crippen molar-refractivity contribution in [3.8, 4) is 0 Å². The Morgan fingerprint density at radius 2 is 1.71 bits per heavy atom. The van der Waals surface area contributed by atoms with Gasteiger partial charge in [-0.1, -0.05) is 0 Å². The van der Waals surface area contributed by atoms with Gasteiger partial charge in [0.25, 0.3) is 0 Å². The molecule has 0 unspecified atom stereocenters. The van der Waals surface area contributed by atoms with Gasteiger partial charge in [-0.25, -0.2) is 17.6 Å². The first kappa shape index (κ1) is 13.8. The van der Waals surface area contributed by atoms with E-state index in [1.54, 1.807) is 0 Å². The highest BCUT2D eigenvalue weighted by Crippen LogP contribution is 2.22. The lowest BCUT2D eigenvalue weighted by molar-refractivity contribution is 0.511. The smallest absolute Gasteiger partial charge is 0.184 e. The summed E-state index contributed by atoms with van der Waals surface area (Å²) >= 11 is 5.03. The number of H-pyrrole nitrogens is 1. The van der Waals surface area contributed by atoms with Gasteiger partial charge in [0.15, 0.2) is 16.4 Å². The van der Waals surface area contributed by atoms with E-state index < -0.39 is 23.3 Å². The van der Waals surface area contributed by atoms with Crippen LogP contribution in [0, 0.1) is 28.0 Å². The lowest BCUT2D eigenvalue weighted by atomic mass is 10.2. The quantitative estimate of drug-likeness (QED) is 0.552. The first-order chi connectivity index (χ1) is 9.97. The third-order valence-corrected chi connectivity index (χ3v) is 3.48. The van der Waals surface area contributed by atoms with Crippen LogP contribution in [-0.2, 0) is 6.54 Å². The molecule has 2 aromatic carbocycles. The molecule has 2 nitrogen and oxygen atoms in total. The van der Waals surface area contributed by atoms with Crippen molar-refractivity contribution in [3.05, 3.63) is 63.9 Å². The molecule has 3 aromatic rings. The van der Waals surface area contributed by atoms with Gasteiger partial charge in [0.2, 0.25) is 0 Å². The lowest BCUT2D eigenvalue weighted by Gasteiger charge is -2.07. The fraction of sp³-hybridized carbons (Fsp3) is 0.0714. The Hall–Kier alpha value is -2.15. The van der Waals surface area contributed by atoms with Gasteiger partial charge in [-0.15, -0.1) is 0 Å². The molecule has 0 aliphatic carbocycles. The molecule has 0 aliphatic heterocycles. The van der Waals surface area contributed by atoms with Crippen LogP contribution in [0.15, 0.2) is 30.3 Å². The standard InChI is InChI=1S/C14H8F4N2S/c15-8-1-2-9(16)7(5-8)6-20-13-11(19-14(20)21)4-3-10(17)12(13)18/h1-5H,6H2,(H,19,21). The summed E-state index contributed by atoms with van der Waals surface area (Å²) in [5.41, 5.74) is 0.176. The Morgan fingerprint density at radius 1 is 1.00 bits per heavy atom. The number of fused-ring (bicyclic) bond motifs is 1. The molecule has 0 amide bonds. The minimum absolute atomic E-state index is 0.00402. The third-order valence-electron chi connectivity index (χ3n) is 3.16. The second-order valence-corrected chi connectivity index (χ2v) is 4.90. The fourth-order valence-corrected chi connectivity index (χ4v) is 2.44. The van der Waals surface area contributed by atoms with Crippen molar-refractivity contribution in [1.82, 2.24) is 9.55 Å². The van der Waals surface area contributed by atoms with E-state index in [4.69, 9.17) is 12.2 Å². The molecule has 1 heterocycles. The number of aromatic nitrogens is 2. The van der Waals surface area contributed by atoms with Crippen LogP contribution in [0.4, 0.5) is 17.6 Å². The zero-order valence-electron chi connectivity index (χ0n) is 10.5. The van der Waals surface area contributed by atoms with Crippen LogP contribution in [0.5, 0.6) is 0 Å². The highest BCUT2D eigenvalue weighted by molar-refractivity contribution is 7.71. The second-order valence-electron chi connectivity index (χ2n) is 4.51. The van der Waals surface area contributed by atoms with Crippen LogP contribution in [0.3, 0.4) is 0 Å². The number of aromatic amines is 1. The molecular weight excluding hydrogens is 304 g/mol. The minimum Gasteiger partial charge on any atom is -0.330 e. The number of benzene rings is 2. The van der Waals surface area contributed by atoms with Crippen molar-refractivity contribution in [3.63, 3.8) is 0 Å². The molecule has 0 atom stereocenters. The normalized spacial score (nSPS) is 11.2. The lowest BCUT2D eigenvalue weighted by Crippen LogP contribution is -2.04. The highest BCUT2D eigenvalue weighted by Gasteiger charge is 2.15. The van der Waals surface area contributed by atoms with E-state index >= 15 is 0 Å². The Kier molecular flexibility index (Phi) is 3.29. The summed E-state index contributed by atoms with van der Waals surface area (Å²) in [5, 5.41) is 0. The monoisotopic (exact) mass is 312 g/mol. The molecular formula is C14H8F4N2S. The molecule has 0 saturated heterocycles. The number of imidazole rings is 1. The van der Waals surface area contributed by atoms with E-state index in [1.165, 1.54) is 10.6 Å². The molecule has 0 spiro atoms. The maximum atomic E-state index is 13.9. The fourth-order valence-electron chi connectivity index (χ4n) is 2.17. The maximum Gasteiger partial charge on any atom is 0.184 e. The van der Waals surface area contributed by atoms with E-state index in [-0.39, 0.29) is 27.9 Å². The third kappa shape index (κ3) is 2.33. The predicted molar refractivity (Wildman–Crippen MR) is 72.5 cm³/mol. The van der Waals surface area contributed by atoms with E-state index in [2.05, 4.69) is 4.98 Å². The minimum atomic E-state index is -1.09. The number of hydrogen-bond acceptors (Lipinski definition) is 1. The van der Waals surface area contributed by atoms with Crippen molar-refractivity contribution in [2.75, 3.05) is 0 Å². The topological polar surface area (TPSA) is 20.7 Å². The number of halogens is 4. The predicted octanol–water partition coefficient (Wildman–Crippen LogP) is 4.30. The summed E-state index contributed by atoms with van der Waals surface area (Å²) in [6.07, 6.45) is 0. The van der Waals surface area contributed by atoms with E-state index in [0.29, 0.717) is 0 Å². The average Bonchev–Trinajstić information content (AvgIpc) is 2.75. The van der Waals surface area contributed by atoms with Gasteiger partial charge in [-0.3, -0.25) is 0 Å². The maximum absolute atomic E-state index is 13.9. The van der Waals surface area contributed by atoms with Crippen LogP contribution < -0.4 is 0 Å². The van der Waals surface area contributed by atoms with Gasteiger partial charge < -0.3 is 9.55 Å². The molecule has 0 saturated carbocycles. The molecule has 21 heavy (non-hydrogen) atoms. The van der Waals surface area contributed by atoms with Gasteiger partial charge >= 0.3 is 0 Å². The summed E-state index contributed by atoms with van der Waals surface area (Å²) in [4.78, 5) is 2.70. The second kappa shape index (κ2) is 5.00. The van der Waals surface area contributed by atoms with Crippen molar-refractivity contribution >= 4 is 23.3 Å². The Balaban J connectivity index is 2.21. The van der Waals surface area contributed by atoms with Crippen molar-refractivity contribution in [1.29, 1.82) is 0 Å². The van der Waals surface area contributed by atoms with Gasteiger partial charge in [-0.2, -0.15) is 0 Å². The Morgan fingerprint density at radius 3 is 2.48 bits per heavy atom. The first-order valence-electron chi connectivity index (χ1n) is 5.98. The molecule has 1 N–H and O–H groups in total. The summed E-state index contributed by atoms with van der Waals surface area (Å²) in [5.74, 6) is -3.39. The molecule has 3 rings (SSSR count). The summed E-state index contributed by atoms with van der Waals surface area (Å²) in [6, 6.07) is 5.25. The number of nitrogens with zero attached hydrogens (tertiary/aromatic N) is 1. The van der Waals surface area contributed by atoms with E-state index in [9.17, 15) is 17.6 Å². The number of hydrogen-bond donors (Lipinski definition) is 1. The van der Waals surface area contributed by atoms with E-state index in [0.717, 1.165) is 24.3 Å². The zero-order valence-corrected chi connectivity index (χ0v) is 11.3. The Bertz CT molecular complexity index is 898. The van der Waals surface area contributed by atoms with Crippen molar-refractivity contribution in [2.24, 2.45) is 0 Å². The van der Waals surface area contributed by atoms with E-state index in [1.807, 2.05) is 0 Å². The molecule has 7 heteroatoms. The van der Waals surface area contributed by atoms with Gasteiger partial charge in [0, 0.05) is 5.56 Å². The largest absolute Gasteiger partial charge is 0.330 e. The molecule has 0 bridgehead atoms. The van der Waals surface area contributed by atoms with Crippen LogP contribution in [-0.4, -0.2) is 9.55 Å². The first-order valence-corrected chi connectivity index (χ1v) is 6.38. The molecule has 0 fully saturated rings. The van der Waals surface area contributed by atoms with Crippen LogP contribution in [0.2, 0.25) is 0 Å². The van der Waals surface area contributed by atoms with Crippen LogP contribution in [0.1, 0.15) is 5.56 Å². The Labute approximate surface area is 121 Å². The van der Waals surface area contributed by atoms with Gasteiger partial charge in [0.1, 0.15) is 17.2 Å². The van der Waals surface area contributed by atoms with Crippen LogP contribution >= 0.6 is 12.2 Å².